The number of hydrogen-bond acceptors (Lipinski definition) is 3. The quantitative estimate of drug-likeness (QED) is 0.500. The lowest BCUT2D eigenvalue weighted by molar-refractivity contribution is -0.347. The zero-order valence-corrected chi connectivity index (χ0v) is 8.16. The van der Waals surface area contributed by atoms with Crippen LogP contribution in [0.3, 0.4) is 0 Å². The summed E-state index contributed by atoms with van der Waals surface area (Å²) >= 11 is 0. The van der Waals surface area contributed by atoms with Gasteiger partial charge >= 0.3 is 0 Å². The zero-order valence-electron chi connectivity index (χ0n) is 8.16. The molecule has 0 saturated heterocycles. The standard InChI is InChI=1S/C9H18O3/c1-5-9(10,11)12-8(4)6-7(2)3/h6,8,10-11H,5H2,1-4H3. The van der Waals surface area contributed by atoms with Crippen molar-refractivity contribution in [2.45, 2.75) is 46.2 Å². The van der Waals surface area contributed by atoms with Crippen molar-refractivity contribution in [1.82, 2.24) is 0 Å². The lowest BCUT2D eigenvalue weighted by Gasteiger charge is -2.23. The lowest BCUT2D eigenvalue weighted by atomic mass is 10.2. The van der Waals surface area contributed by atoms with Crippen LogP contribution in [0.1, 0.15) is 34.1 Å². The average Bonchev–Trinajstić information content (AvgIpc) is 1.84. The van der Waals surface area contributed by atoms with Gasteiger partial charge in [-0.15, -0.1) is 0 Å². The molecule has 0 fully saturated rings. The SMILES string of the molecule is CCC(O)(O)OC(C)C=C(C)C. The third-order valence-electron chi connectivity index (χ3n) is 1.40. The summed E-state index contributed by atoms with van der Waals surface area (Å²) < 4.78 is 4.93. The van der Waals surface area contributed by atoms with Crippen LogP contribution in [-0.2, 0) is 4.74 Å². The molecule has 3 nitrogen and oxygen atoms in total. The molecule has 3 heteroatoms. The van der Waals surface area contributed by atoms with E-state index in [4.69, 9.17) is 14.9 Å². The first-order valence-electron chi connectivity index (χ1n) is 4.15. The maximum atomic E-state index is 9.11. The summed E-state index contributed by atoms with van der Waals surface area (Å²) in [5, 5.41) is 18.2. The van der Waals surface area contributed by atoms with Crippen LogP contribution in [-0.4, -0.2) is 22.3 Å². The Kier molecular flexibility index (Phi) is 4.45. The summed E-state index contributed by atoms with van der Waals surface area (Å²) in [5.74, 6) is -1.99. The predicted molar refractivity (Wildman–Crippen MR) is 47.4 cm³/mol. The Bertz CT molecular complexity index is 157. The topological polar surface area (TPSA) is 49.7 Å². The number of aliphatic hydroxyl groups is 2. The molecule has 0 aromatic heterocycles. The van der Waals surface area contributed by atoms with E-state index in [-0.39, 0.29) is 12.5 Å². The maximum Gasteiger partial charge on any atom is 0.278 e. The molecular formula is C9H18O3. The van der Waals surface area contributed by atoms with Gasteiger partial charge in [0.05, 0.1) is 6.10 Å². The molecule has 0 aliphatic rings. The average molecular weight is 174 g/mol. The highest BCUT2D eigenvalue weighted by Gasteiger charge is 2.22. The molecule has 1 atom stereocenters. The lowest BCUT2D eigenvalue weighted by Crippen LogP contribution is -2.34. The molecule has 12 heavy (non-hydrogen) atoms. The van der Waals surface area contributed by atoms with Gasteiger partial charge in [-0.05, 0) is 20.8 Å². The normalized spacial score (nSPS) is 14.2. The Labute approximate surface area is 73.7 Å². The van der Waals surface area contributed by atoms with Crippen LogP contribution in [0.5, 0.6) is 0 Å². The molecular weight excluding hydrogens is 156 g/mol. The third kappa shape index (κ3) is 5.29. The van der Waals surface area contributed by atoms with E-state index in [0.717, 1.165) is 5.57 Å². The molecule has 0 saturated carbocycles. The third-order valence-corrected chi connectivity index (χ3v) is 1.40. The Balaban J connectivity index is 4.00. The van der Waals surface area contributed by atoms with Crippen LogP contribution >= 0.6 is 0 Å². The Morgan fingerprint density at radius 2 is 2.00 bits per heavy atom. The second-order valence-corrected chi connectivity index (χ2v) is 3.16. The highest BCUT2D eigenvalue weighted by atomic mass is 16.8. The van der Waals surface area contributed by atoms with Crippen LogP contribution in [0.25, 0.3) is 0 Å². The van der Waals surface area contributed by atoms with Crippen molar-refractivity contribution in [3.05, 3.63) is 11.6 Å². The highest BCUT2D eigenvalue weighted by molar-refractivity contribution is 4.97. The molecule has 0 rings (SSSR count). The van der Waals surface area contributed by atoms with Crippen molar-refractivity contribution in [3.8, 4) is 0 Å². The van der Waals surface area contributed by atoms with Gasteiger partial charge < -0.3 is 14.9 Å². The Hall–Kier alpha value is -0.380. The van der Waals surface area contributed by atoms with Gasteiger partial charge in [0.25, 0.3) is 5.97 Å². The van der Waals surface area contributed by atoms with Crippen molar-refractivity contribution >= 4 is 0 Å². The molecule has 0 heterocycles. The van der Waals surface area contributed by atoms with E-state index >= 15 is 0 Å². The molecule has 0 amide bonds. The first-order chi connectivity index (χ1) is 5.37. The monoisotopic (exact) mass is 174 g/mol. The van der Waals surface area contributed by atoms with E-state index in [1.54, 1.807) is 13.8 Å². The van der Waals surface area contributed by atoms with E-state index in [9.17, 15) is 0 Å². The second kappa shape index (κ2) is 4.60. The molecule has 2 N–H and O–H groups in total. The number of allylic oxidation sites excluding steroid dienone is 1. The Morgan fingerprint density at radius 1 is 1.50 bits per heavy atom. The summed E-state index contributed by atoms with van der Waals surface area (Å²) in [6.45, 7) is 7.28. The van der Waals surface area contributed by atoms with Crippen LogP contribution in [0, 0.1) is 0 Å². The molecule has 0 aliphatic carbocycles. The molecule has 0 aromatic carbocycles. The van der Waals surface area contributed by atoms with E-state index in [2.05, 4.69) is 0 Å². The second-order valence-electron chi connectivity index (χ2n) is 3.16. The first kappa shape index (κ1) is 11.6. The first-order valence-corrected chi connectivity index (χ1v) is 4.15. The van der Waals surface area contributed by atoms with Gasteiger partial charge in [-0.1, -0.05) is 18.6 Å². The van der Waals surface area contributed by atoms with Gasteiger partial charge in [0.15, 0.2) is 0 Å². The van der Waals surface area contributed by atoms with Gasteiger partial charge in [-0.25, -0.2) is 0 Å². The minimum Gasteiger partial charge on any atom is -0.343 e. The van der Waals surface area contributed by atoms with Crippen molar-refractivity contribution in [1.29, 1.82) is 0 Å². The summed E-state index contributed by atoms with van der Waals surface area (Å²) in [7, 11) is 0. The van der Waals surface area contributed by atoms with E-state index in [1.165, 1.54) is 0 Å². The summed E-state index contributed by atoms with van der Waals surface area (Å²) in [5.41, 5.74) is 1.09. The van der Waals surface area contributed by atoms with Gasteiger partial charge in [0.2, 0.25) is 0 Å². The van der Waals surface area contributed by atoms with Gasteiger partial charge in [0.1, 0.15) is 0 Å². The van der Waals surface area contributed by atoms with E-state index in [0.29, 0.717) is 0 Å². The van der Waals surface area contributed by atoms with Crippen LogP contribution in [0.15, 0.2) is 11.6 Å². The minimum atomic E-state index is -1.99. The van der Waals surface area contributed by atoms with Crippen molar-refractivity contribution < 1.29 is 14.9 Å². The highest BCUT2D eigenvalue weighted by Crippen LogP contribution is 2.11. The summed E-state index contributed by atoms with van der Waals surface area (Å²) in [4.78, 5) is 0. The fraction of sp³-hybridized carbons (Fsp3) is 0.778. The van der Waals surface area contributed by atoms with Gasteiger partial charge in [0, 0.05) is 6.42 Å². The maximum absolute atomic E-state index is 9.11. The minimum absolute atomic E-state index is 0.161. The number of ether oxygens (including phenoxy) is 1. The van der Waals surface area contributed by atoms with Crippen molar-refractivity contribution in [2.24, 2.45) is 0 Å². The molecule has 0 aliphatic heterocycles. The number of rotatable bonds is 4. The van der Waals surface area contributed by atoms with Crippen LogP contribution in [0.2, 0.25) is 0 Å². The van der Waals surface area contributed by atoms with Gasteiger partial charge in [-0.3, -0.25) is 0 Å². The molecule has 1 unspecified atom stereocenters. The van der Waals surface area contributed by atoms with Crippen molar-refractivity contribution in [3.63, 3.8) is 0 Å². The molecule has 0 spiro atoms. The Morgan fingerprint density at radius 3 is 2.33 bits per heavy atom. The van der Waals surface area contributed by atoms with E-state index in [1.807, 2.05) is 19.9 Å². The largest absolute Gasteiger partial charge is 0.343 e. The zero-order chi connectivity index (χ0) is 9.78. The van der Waals surface area contributed by atoms with E-state index < -0.39 is 5.97 Å². The summed E-state index contributed by atoms with van der Waals surface area (Å²) in [6.07, 6.45) is 1.72. The summed E-state index contributed by atoms with van der Waals surface area (Å²) in [6, 6.07) is 0. The van der Waals surface area contributed by atoms with Crippen molar-refractivity contribution in [2.75, 3.05) is 0 Å². The van der Waals surface area contributed by atoms with Gasteiger partial charge in [-0.2, -0.15) is 0 Å². The smallest absolute Gasteiger partial charge is 0.278 e. The van der Waals surface area contributed by atoms with Crippen LogP contribution < -0.4 is 0 Å². The molecule has 0 radical (unpaired) electrons. The molecule has 0 aromatic rings. The fourth-order valence-corrected chi connectivity index (χ4v) is 0.884. The number of hydrogen-bond donors (Lipinski definition) is 2. The predicted octanol–water partition coefficient (Wildman–Crippen LogP) is 1.41. The van der Waals surface area contributed by atoms with Crippen LogP contribution in [0.4, 0.5) is 0 Å². The fourth-order valence-electron chi connectivity index (χ4n) is 0.884. The molecule has 0 bridgehead atoms. The molecule has 72 valence electrons.